The van der Waals surface area contributed by atoms with Gasteiger partial charge in [-0.3, -0.25) is 4.79 Å². The lowest BCUT2D eigenvalue weighted by molar-refractivity contribution is 0.102. The van der Waals surface area contributed by atoms with E-state index in [4.69, 9.17) is 9.26 Å². The monoisotopic (exact) mass is 486 g/mol. The lowest BCUT2D eigenvalue weighted by atomic mass is 9.92. The molecule has 0 unspecified atom stereocenters. The molecular weight excluding hydrogens is 456 g/mol. The highest BCUT2D eigenvalue weighted by atomic mass is 32.2. The summed E-state index contributed by atoms with van der Waals surface area (Å²) in [6, 6.07) is 8.41. The maximum absolute atomic E-state index is 13.1. The van der Waals surface area contributed by atoms with Crippen LogP contribution in [-0.2, 0) is 21.9 Å². The van der Waals surface area contributed by atoms with Gasteiger partial charge in [0.2, 0.25) is 0 Å². The summed E-state index contributed by atoms with van der Waals surface area (Å²) in [6.45, 7) is 10.0. The van der Waals surface area contributed by atoms with E-state index in [0.717, 1.165) is 17.0 Å². The SMILES string of the molecule is Cc1noc(C)c1COc1cccc(C(=O)Nc2cc(C(C)(C)C)nn2[C@@H]2CCS(=O)(=O)C2)c1. The Hall–Kier alpha value is -3.14. The van der Waals surface area contributed by atoms with Crippen molar-refractivity contribution in [2.24, 2.45) is 0 Å². The number of sulfone groups is 1. The predicted octanol–water partition coefficient (Wildman–Crippen LogP) is 3.98. The molecule has 0 bridgehead atoms. The van der Waals surface area contributed by atoms with Gasteiger partial charge in [-0.05, 0) is 38.5 Å². The number of nitrogens with one attached hydrogen (secondary N) is 1. The molecular formula is C24H30N4O5S. The van der Waals surface area contributed by atoms with Crippen LogP contribution in [0.25, 0.3) is 0 Å². The maximum Gasteiger partial charge on any atom is 0.256 e. The topological polar surface area (TPSA) is 116 Å². The number of benzene rings is 1. The molecule has 10 heteroatoms. The van der Waals surface area contributed by atoms with Gasteiger partial charge in [-0.2, -0.15) is 5.10 Å². The van der Waals surface area contributed by atoms with Gasteiger partial charge in [-0.1, -0.05) is 32.0 Å². The Bertz CT molecular complexity index is 1300. The molecule has 0 saturated carbocycles. The molecule has 0 radical (unpaired) electrons. The van der Waals surface area contributed by atoms with E-state index in [-0.39, 0.29) is 35.5 Å². The Labute approximate surface area is 199 Å². The van der Waals surface area contributed by atoms with Crippen LogP contribution in [0.5, 0.6) is 5.75 Å². The Morgan fingerprint density at radius 3 is 2.65 bits per heavy atom. The van der Waals surface area contributed by atoms with E-state index in [2.05, 4.69) is 15.6 Å². The summed E-state index contributed by atoms with van der Waals surface area (Å²) in [5.41, 5.74) is 2.58. The van der Waals surface area contributed by atoms with Crippen molar-refractivity contribution in [3.8, 4) is 5.75 Å². The number of anilines is 1. The lowest BCUT2D eigenvalue weighted by Gasteiger charge is -2.15. The lowest BCUT2D eigenvalue weighted by Crippen LogP contribution is -2.20. The Kier molecular flexibility index (Phi) is 6.28. The smallest absolute Gasteiger partial charge is 0.256 e. The number of carbonyl (C=O) groups excluding carboxylic acids is 1. The summed E-state index contributed by atoms with van der Waals surface area (Å²) in [4.78, 5) is 13.1. The zero-order chi connectivity index (χ0) is 24.7. The highest BCUT2D eigenvalue weighted by molar-refractivity contribution is 7.91. The van der Waals surface area contributed by atoms with Gasteiger partial charge in [0.05, 0.1) is 34.5 Å². The standard InChI is InChI=1S/C24H30N4O5S/c1-15-20(16(2)33-27-15)13-32-19-8-6-7-17(11-19)23(29)25-22-12-21(24(3,4)5)26-28(22)18-9-10-34(30,31)14-18/h6-8,11-12,18H,9-10,13-14H2,1-5H3,(H,25,29)/t18-/m1/s1. The summed E-state index contributed by atoms with van der Waals surface area (Å²) in [7, 11) is -3.11. The minimum Gasteiger partial charge on any atom is -0.489 e. The van der Waals surface area contributed by atoms with Gasteiger partial charge >= 0.3 is 0 Å². The van der Waals surface area contributed by atoms with Gasteiger partial charge < -0.3 is 14.6 Å². The first-order valence-corrected chi connectivity index (χ1v) is 13.0. The molecule has 9 nitrogen and oxygen atoms in total. The normalized spacial score (nSPS) is 17.6. The van der Waals surface area contributed by atoms with Crippen LogP contribution in [0.3, 0.4) is 0 Å². The summed E-state index contributed by atoms with van der Waals surface area (Å²) < 4.78 is 36.8. The number of amides is 1. The van der Waals surface area contributed by atoms with Crippen LogP contribution in [0.4, 0.5) is 5.82 Å². The van der Waals surface area contributed by atoms with Crippen LogP contribution < -0.4 is 10.1 Å². The molecule has 1 fully saturated rings. The van der Waals surface area contributed by atoms with Gasteiger partial charge in [0.15, 0.2) is 9.84 Å². The second-order valence-electron chi connectivity index (χ2n) is 9.74. The summed E-state index contributed by atoms with van der Waals surface area (Å²) in [5, 5.41) is 11.5. The van der Waals surface area contributed by atoms with Crippen LogP contribution in [-0.4, -0.2) is 40.8 Å². The molecule has 34 heavy (non-hydrogen) atoms. The fourth-order valence-electron chi connectivity index (χ4n) is 3.88. The molecule has 1 saturated heterocycles. The van der Waals surface area contributed by atoms with Gasteiger partial charge in [0.1, 0.15) is 23.9 Å². The van der Waals surface area contributed by atoms with E-state index in [1.807, 2.05) is 40.7 Å². The molecule has 0 spiro atoms. The third kappa shape index (κ3) is 5.16. The number of carbonyl (C=O) groups is 1. The first-order chi connectivity index (χ1) is 15.9. The molecule has 1 aliphatic rings. The minimum absolute atomic E-state index is 0.0200. The van der Waals surface area contributed by atoms with Crippen molar-refractivity contribution in [1.29, 1.82) is 0 Å². The fraction of sp³-hybridized carbons (Fsp3) is 0.458. The molecule has 3 heterocycles. The number of aromatic nitrogens is 3. The van der Waals surface area contributed by atoms with Crippen molar-refractivity contribution in [3.63, 3.8) is 0 Å². The maximum atomic E-state index is 13.1. The van der Waals surface area contributed by atoms with Gasteiger partial charge in [0.25, 0.3) is 5.91 Å². The third-order valence-corrected chi connectivity index (χ3v) is 7.71. The first-order valence-electron chi connectivity index (χ1n) is 11.2. The quantitative estimate of drug-likeness (QED) is 0.560. The largest absolute Gasteiger partial charge is 0.489 e. The van der Waals surface area contributed by atoms with Gasteiger partial charge in [-0.25, -0.2) is 13.1 Å². The molecule has 3 aromatic rings. The Morgan fingerprint density at radius 2 is 2.03 bits per heavy atom. The molecule has 1 N–H and O–H groups in total. The van der Waals surface area contributed by atoms with Crippen LogP contribution in [0.1, 0.15) is 66.3 Å². The third-order valence-electron chi connectivity index (χ3n) is 5.96. The predicted molar refractivity (Wildman–Crippen MR) is 128 cm³/mol. The average molecular weight is 487 g/mol. The average Bonchev–Trinajstić information content (AvgIpc) is 3.43. The number of aryl methyl sites for hydroxylation is 2. The van der Waals surface area contributed by atoms with Crippen molar-refractivity contribution in [1.82, 2.24) is 14.9 Å². The Morgan fingerprint density at radius 1 is 1.26 bits per heavy atom. The van der Waals surface area contributed by atoms with Gasteiger partial charge in [-0.15, -0.1) is 0 Å². The van der Waals surface area contributed by atoms with Crippen LogP contribution in [0.2, 0.25) is 0 Å². The Balaban J connectivity index is 1.54. The summed E-state index contributed by atoms with van der Waals surface area (Å²) >= 11 is 0. The highest BCUT2D eigenvalue weighted by Gasteiger charge is 2.33. The van der Waals surface area contributed by atoms with E-state index >= 15 is 0 Å². The molecule has 1 atom stereocenters. The molecule has 1 aliphatic heterocycles. The van der Waals surface area contributed by atoms with Crippen molar-refractivity contribution in [2.45, 2.75) is 59.1 Å². The van der Waals surface area contributed by atoms with E-state index in [9.17, 15) is 13.2 Å². The van der Waals surface area contributed by atoms with Crippen molar-refractivity contribution < 1.29 is 22.5 Å². The molecule has 4 rings (SSSR count). The number of ether oxygens (including phenoxy) is 1. The van der Waals surface area contributed by atoms with E-state index < -0.39 is 9.84 Å². The summed E-state index contributed by atoms with van der Waals surface area (Å²) in [6.07, 6.45) is 0.474. The highest BCUT2D eigenvalue weighted by Crippen LogP contribution is 2.31. The van der Waals surface area contributed by atoms with E-state index in [0.29, 0.717) is 29.3 Å². The number of hydrogen-bond acceptors (Lipinski definition) is 7. The zero-order valence-corrected chi connectivity index (χ0v) is 20.9. The first kappa shape index (κ1) is 24.0. The van der Waals surface area contributed by atoms with Crippen molar-refractivity contribution in [3.05, 3.63) is 58.6 Å². The minimum atomic E-state index is -3.11. The van der Waals surface area contributed by atoms with Crippen molar-refractivity contribution >= 4 is 21.6 Å². The van der Waals surface area contributed by atoms with Crippen LogP contribution in [0, 0.1) is 13.8 Å². The van der Waals surface area contributed by atoms with Crippen molar-refractivity contribution in [2.75, 3.05) is 16.8 Å². The molecule has 1 aromatic carbocycles. The number of hydrogen-bond donors (Lipinski definition) is 1. The second-order valence-corrected chi connectivity index (χ2v) is 12.0. The molecule has 1 amide bonds. The number of nitrogens with zero attached hydrogens (tertiary/aromatic N) is 3. The van der Waals surface area contributed by atoms with Gasteiger partial charge in [0, 0.05) is 17.0 Å². The fourth-order valence-corrected chi connectivity index (χ4v) is 5.57. The van der Waals surface area contributed by atoms with E-state index in [1.165, 1.54) is 0 Å². The zero-order valence-electron chi connectivity index (χ0n) is 20.1. The summed E-state index contributed by atoms with van der Waals surface area (Å²) in [5.74, 6) is 1.54. The molecule has 0 aliphatic carbocycles. The van der Waals surface area contributed by atoms with Crippen LogP contribution in [0.15, 0.2) is 34.9 Å². The van der Waals surface area contributed by atoms with E-state index in [1.54, 1.807) is 28.9 Å². The second kappa shape index (κ2) is 8.90. The molecule has 2 aromatic heterocycles. The van der Waals surface area contributed by atoms with Crippen LogP contribution >= 0.6 is 0 Å². The number of rotatable bonds is 6. The molecule has 182 valence electrons.